The predicted molar refractivity (Wildman–Crippen MR) is 107 cm³/mol. The highest BCUT2D eigenvalue weighted by atomic mass is 16.5. The molecule has 2 aliphatic rings. The van der Waals surface area contributed by atoms with Crippen LogP contribution in [0.1, 0.15) is 43.7 Å². The topological polar surface area (TPSA) is 53.0 Å². The fourth-order valence-electron chi connectivity index (χ4n) is 3.85. The molecule has 0 bridgehead atoms. The van der Waals surface area contributed by atoms with Gasteiger partial charge in [0.15, 0.2) is 0 Å². The lowest BCUT2D eigenvalue weighted by Gasteiger charge is -2.39. The third kappa shape index (κ3) is 5.45. The normalized spacial score (nSPS) is 21.3. The first-order valence-electron chi connectivity index (χ1n) is 10.3. The summed E-state index contributed by atoms with van der Waals surface area (Å²) < 4.78 is 5.85. The first-order chi connectivity index (χ1) is 12.8. The van der Waals surface area contributed by atoms with E-state index in [9.17, 15) is 9.90 Å². The zero-order valence-electron chi connectivity index (χ0n) is 17.0. The van der Waals surface area contributed by atoms with Gasteiger partial charge in [-0.2, -0.15) is 0 Å². The molecule has 0 spiro atoms. The number of amides is 1. The van der Waals surface area contributed by atoms with Crippen LogP contribution in [-0.2, 0) is 4.79 Å². The van der Waals surface area contributed by atoms with Crippen LogP contribution in [0.15, 0.2) is 18.2 Å². The van der Waals surface area contributed by atoms with E-state index < -0.39 is 5.60 Å². The lowest BCUT2D eigenvalue weighted by molar-refractivity contribution is -0.138. The Morgan fingerprint density at radius 1 is 1.15 bits per heavy atom. The molecule has 2 aliphatic heterocycles. The lowest BCUT2D eigenvalue weighted by Crippen LogP contribution is -2.52. The lowest BCUT2D eigenvalue weighted by atomic mass is 9.92. The molecular weight excluding hydrogens is 340 g/mol. The summed E-state index contributed by atoms with van der Waals surface area (Å²) in [5.74, 6) is 1.77. The van der Waals surface area contributed by atoms with Gasteiger partial charge in [0, 0.05) is 13.1 Å². The van der Waals surface area contributed by atoms with Crippen molar-refractivity contribution in [3.63, 3.8) is 0 Å². The van der Waals surface area contributed by atoms with E-state index in [0.717, 1.165) is 24.8 Å². The van der Waals surface area contributed by atoms with Gasteiger partial charge in [-0.25, -0.2) is 0 Å². The van der Waals surface area contributed by atoms with Crippen molar-refractivity contribution >= 4 is 5.91 Å². The monoisotopic (exact) mass is 374 g/mol. The smallest absolute Gasteiger partial charge is 0.236 e. The molecule has 0 radical (unpaired) electrons. The molecule has 1 N–H and O–H groups in total. The molecule has 150 valence electrons. The number of benzene rings is 1. The Morgan fingerprint density at radius 2 is 1.81 bits per heavy atom. The van der Waals surface area contributed by atoms with Gasteiger partial charge in [-0.05, 0) is 81.8 Å². The number of hydrogen-bond donors (Lipinski definition) is 1. The molecule has 5 heteroatoms. The van der Waals surface area contributed by atoms with Crippen LogP contribution in [0.3, 0.4) is 0 Å². The molecule has 1 amide bonds. The summed E-state index contributed by atoms with van der Waals surface area (Å²) in [4.78, 5) is 16.8. The SMILES string of the molecule is Cc1ccc(OCC2(O)CCN(C(=O)CN3CCC(C)CC3)CC2)cc1C. The van der Waals surface area contributed by atoms with Gasteiger partial charge in [0.1, 0.15) is 18.0 Å². The number of nitrogens with zero attached hydrogens (tertiary/aromatic N) is 2. The molecule has 0 aromatic heterocycles. The summed E-state index contributed by atoms with van der Waals surface area (Å²) in [6, 6.07) is 6.00. The van der Waals surface area contributed by atoms with Crippen LogP contribution in [0.25, 0.3) is 0 Å². The van der Waals surface area contributed by atoms with Gasteiger partial charge in [-0.3, -0.25) is 9.69 Å². The van der Waals surface area contributed by atoms with Gasteiger partial charge in [0.05, 0.1) is 6.54 Å². The first-order valence-corrected chi connectivity index (χ1v) is 10.3. The van der Waals surface area contributed by atoms with Crippen molar-refractivity contribution in [3.8, 4) is 5.75 Å². The zero-order valence-corrected chi connectivity index (χ0v) is 17.0. The molecule has 0 atom stereocenters. The van der Waals surface area contributed by atoms with Crippen LogP contribution in [0.5, 0.6) is 5.75 Å². The minimum atomic E-state index is -0.851. The van der Waals surface area contributed by atoms with Crippen molar-refractivity contribution in [1.29, 1.82) is 0 Å². The Labute approximate surface area is 163 Å². The van der Waals surface area contributed by atoms with Crippen molar-refractivity contribution < 1.29 is 14.6 Å². The second-order valence-electron chi connectivity index (χ2n) is 8.60. The average molecular weight is 375 g/mol. The van der Waals surface area contributed by atoms with E-state index in [1.54, 1.807) is 0 Å². The quantitative estimate of drug-likeness (QED) is 0.861. The van der Waals surface area contributed by atoms with Crippen molar-refractivity contribution in [3.05, 3.63) is 29.3 Å². The molecular formula is C22H34N2O3. The van der Waals surface area contributed by atoms with Crippen molar-refractivity contribution in [2.45, 2.75) is 52.1 Å². The molecule has 0 aliphatic carbocycles. The van der Waals surface area contributed by atoms with Gasteiger partial charge in [0.25, 0.3) is 0 Å². The second-order valence-corrected chi connectivity index (χ2v) is 8.60. The number of aryl methyl sites for hydroxylation is 2. The first kappa shape index (κ1) is 20.2. The van der Waals surface area contributed by atoms with E-state index in [1.165, 1.54) is 24.0 Å². The van der Waals surface area contributed by atoms with E-state index >= 15 is 0 Å². The molecule has 2 saturated heterocycles. The molecule has 27 heavy (non-hydrogen) atoms. The maximum absolute atomic E-state index is 12.6. The Kier molecular flexibility index (Phi) is 6.43. The third-order valence-electron chi connectivity index (χ3n) is 6.27. The Bertz CT molecular complexity index is 645. The largest absolute Gasteiger partial charge is 0.491 e. The summed E-state index contributed by atoms with van der Waals surface area (Å²) in [7, 11) is 0. The number of likely N-dealkylation sites (tertiary alicyclic amines) is 2. The molecule has 1 aromatic rings. The Hall–Kier alpha value is -1.59. The van der Waals surface area contributed by atoms with Crippen molar-refractivity contribution in [1.82, 2.24) is 9.80 Å². The number of piperidine rings is 2. The van der Waals surface area contributed by atoms with Gasteiger partial charge in [-0.1, -0.05) is 13.0 Å². The summed E-state index contributed by atoms with van der Waals surface area (Å²) in [6.07, 6.45) is 3.51. The average Bonchev–Trinajstić information content (AvgIpc) is 2.65. The number of aliphatic hydroxyl groups is 1. The van der Waals surface area contributed by atoms with Crippen LogP contribution in [0.2, 0.25) is 0 Å². The summed E-state index contributed by atoms with van der Waals surface area (Å²) in [5, 5.41) is 10.8. The maximum atomic E-state index is 12.6. The summed E-state index contributed by atoms with van der Waals surface area (Å²) in [5.41, 5.74) is 1.57. The highest BCUT2D eigenvalue weighted by molar-refractivity contribution is 5.78. The van der Waals surface area contributed by atoms with Crippen LogP contribution in [-0.4, -0.2) is 65.7 Å². The Balaban J connectivity index is 1.44. The molecule has 3 rings (SSSR count). The van der Waals surface area contributed by atoms with Crippen LogP contribution < -0.4 is 4.74 Å². The number of carbonyl (C=O) groups is 1. The van der Waals surface area contributed by atoms with Gasteiger partial charge < -0.3 is 14.7 Å². The maximum Gasteiger partial charge on any atom is 0.236 e. The molecule has 2 fully saturated rings. The van der Waals surface area contributed by atoms with Crippen LogP contribution >= 0.6 is 0 Å². The predicted octanol–water partition coefficient (Wildman–Crippen LogP) is 2.77. The highest BCUT2D eigenvalue weighted by Gasteiger charge is 2.35. The highest BCUT2D eigenvalue weighted by Crippen LogP contribution is 2.25. The van der Waals surface area contributed by atoms with Gasteiger partial charge >= 0.3 is 0 Å². The number of carbonyl (C=O) groups excluding carboxylic acids is 1. The van der Waals surface area contributed by atoms with E-state index in [4.69, 9.17) is 4.74 Å². The fourth-order valence-corrected chi connectivity index (χ4v) is 3.85. The molecule has 5 nitrogen and oxygen atoms in total. The van der Waals surface area contributed by atoms with Crippen molar-refractivity contribution in [2.75, 3.05) is 39.3 Å². The van der Waals surface area contributed by atoms with Gasteiger partial charge in [0.2, 0.25) is 5.91 Å². The Morgan fingerprint density at radius 3 is 2.44 bits per heavy atom. The molecule has 2 heterocycles. The van der Waals surface area contributed by atoms with E-state index in [2.05, 4.69) is 25.7 Å². The zero-order chi connectivity index (χ0) is 19.4. The fraction of sp³-hybridized carbons (Fsp3) is 0.682. The summed E-state index contributed by atoms with van der Waals surface area (Å²) >= 11 is 0. The third-order valence-corrected chi connectivity index (χ3v) is 6.27. The minimum absolute atomic E-state index is 0.196. The van der Waals surface area contributed by atoms with Gasteiger partial charge in [-0.15, -0.1) is 0 Å². The van der Waals surface area contributed by atoms with E-state index in [0.29, 0.717) is 32.5 Å². The standard InChI is InChI=1S/C22H34N2O3/c1-17-6-10-23(11-7-17)15-21(25)24-12-8-22(26,9-13-24)16-27-20-5-4-18(2)19(3)14-20/h4-5,14,17,26H,6-13,15-16H2,1-3H3. The molecule has 0 unspecified atom stereocenters. The number of ether oxygens (including phenoxy) is 1. The number of hydrogen-bond acceptors (Lipinski definition) is 4. The minimum Gasteiger partial charge on any atom is -0.491 e. The van der Waals surface area contributed by atoms with Crippen LogP contribution in [0.4, 0.5) is 0 Å². The van der Waals surface area contributed by atoms with Crippen LogP contribution in [0, 0.1) is 19.8 Å². The summed E-state index contributed by atoms with van der Waals surface area (Å²) in [6.45, 7) is 10.5. The number of rotatable bonds is 5. The molecule has 0 saturated carbocycles. The van der Waals surface area contributed by atoms with E-state index in [-0.39, 0.29) is 12.5 Å². The van der Waals surface area contributed by atoms with Crippen molar-refractivity contribution in [2.24, 2.45) is 5.92 Å². The molecule has 1 aromatic carbocycles. The van der Waals surface area contributed by atoms with E-state index in [1.807, 2.05) is 23.1 Å². The second kappa shape index (κ2) is 8.61.